The summed E-state index contributed by atoms with van der Waals surface area (Å²) in [5, 5.41) is 8.81. The zero-order valence-corrected chi connectivity index (χ0v) is 8.91. The van der Waals surface area contributed by atoms with Crippen molar-refractivity contribution in [2.75, 3.05) is 6.54 Å². The lowest BCUT2D eigenvalue weighted by Crippen LogP contribution is -2.44. The summed E-state index contributed by atoms with van der Waals surface area (Å²) in [6, 6.07) is 0. The van der Waals surface area contributed by atoms with Gasteiger partial charge in [-0.25, -0.2) is 0 Å². The summed E-state index contributed by atoms with van der Waals surface area (Å²) in [5.41, 5.74) is -0.221. The van der Waals surface area contributed by atoms with Crippen molar-refractivity contribution >= 4 is 11.9 Å². The van der Waals surface area contributed by atoms with Gasteiger partial charge in [-0.15, -0.1) is 0 Å². The molecule has 1 N–H and O–H groups in total. The second-order valence-electron chi connectivity index (χ2n) is 4.41. The molecule has 80 valence electrons. The van der Waals surface area contributed by atoms with Crippen molar-refractivity contribution in [1.82, 2.24) is 4.90 Å². The van der Waals surface area contributed by atoms with E-state index in [-0.39, 0.29) is 17.9 Å². The minimum atomic E-state index is -0.868. The Morgan fingerprint density at radius 3 is 2.57 bits per heavy atom. The number of hydrogen-bond acceptors (Lipinski definition) is 2. The van der Waals surface area contributed by atoms with Crippen LogP contribution in [-0.4, -0.2) is 34.0 Å². The van der Waals surface area contributed by atoms with Gasteiger partial charge in [0.2, 0.25) is 5.91 Å². The molecule has 0 spiro atoms. The van der Waals surface area contributed by atoms with Crippen LogP contribution in [0.25, 0.3) is 0 Å². The highest BCUT2D eigenvalue weighted by Gasteiger charge is 2.40. The van der Waals surface area contributed by atoms with Crippen LogP contribution in [0, 0.1) is 5.92 Å². The lowest BCUT2D eigenvalue weighted by atomic mass is 10.00. The van der Waals surface area contributed by atoms with Gasteiger partial charge in [0.15, 0.2) is 0 Å². The third-order valence-corrected chi connectivity index (χ3v) is 3.07. The van der Waals surface area contributed by atoms with Gasteiger partial charge in [0.05, 0.1) is 5.92 Å². The first-order valence-electron chi connectivity index (χ1n) is 4.91. The maximum atomic E-state index is 11.6. The van der Waals surface area contributed by atoms with Gasteiger partial charge in [-0.05, 0) is 20.3 Å². The Bertz CT molecular complexity index is 260. The summed E-state index contributed by atoms with van der Waals surface area (Å²) < 4.78 is 0. The number of amides is 1. The van der Waals surface area contributed by atoms with Gasteiger partial charge in [0.25, 0.3) is 0 Å². The van der Waals surface area contributed by atoms with Gasteiger partial charge in [-0.1, -0.05) is 6.92 Å². The summed E-state index contributed by atoms with van der Waals surface area (Å²) >= 11 is 0. The van der Waals surface area contributed by atoms with Crippen LogP contribution in [0.15, 0.2) is 0 Å². The molecule has 14 heavy (non-hydrogen) atoms. The molecule has 1 aliphatic rings. The Kier molecular flexibility index (Phi) is 2.83. The van der Waals surface area contributed by atoms with Crippen molar-refractivity contribution in [2.24, 2.45) is 5.92 Å². The monoisotopic (exact) mass is 199 g/mol. The third kappa shape index (κ3) is 1.89. The van der Waals surface area contributed by atoms with Crippen LogP contribution in [0.2, 0.25) is 0 Å². The van der Waals surface area contributed by atoms with E-state index in [9.17, 15) is 9.59 Å². The fourth-order valence-electron chi connectivity index (χ4n) is 1.65. The van der Waals surface area contributed by atoms with Gasteiger partial charge in [-0.3, -0.25) is 9.59 Å². The molecule has 1 aliphatic heterocycles. The number of carbonyl (C=O) groups excluding carboxylic acids is 1. The van der Waals surface area contributed by atoms with E-state index in [0.29, 0.717) is 6.54 Å². The highest BCUT2D eigenvalue weighted by Crippen LogP contribution is 2.28. The SMILES string of the molecule is CCC(C)(C)N1CC(C(=O)O)CC1=O. The van der Waals surface area contributed by atoms with Gasteiger partial charge >= 0.3 is 5.97 Å². The Labute approximate surface area is 83.9 Å². The van der Waals surface area contributed by atoms with Crippen LogP contribution >= 0.6 is 0 Å². The molecule has 0 bridgehead atoms. The molecule has 1 atom stereocenters. The Hall–Kier alpha value is -1.06. The highest BCUT2D eigenvalue weighted by molar-refractivity contribution is 5.86. The number of rotatable bonds is 3. The number of carbonyl (C=O) groups is 2. The Morgan fingerprint density at radius 2 is 2.21 bits per heavy atom. The number of likely N-dealkylation sites (tertiary alicyclic amines) is 1. The van der Waals surface area contributed by atoms with Crippen LogP contribution in [0.3, 0.4) is 0 Å². The molecule has 0 aliphatic carbocycles. The second kappa shape index (κ2) is 3.59. The fourth-order valence-corrected chi connectivity index (χ4v) is 1.65. The summed E-state index contributed by atoms with van der Waals surface area (Å²) in [5.74, 6) is -1.43. The molecule has 0 radical (unpaired) electrons. The molecule has 1 unspecified atom stereocenters. The van der Waals surface area contributed by atoms with E-state index in [1.165, 1.54) is 0 Å². The summed E-state index contributed by atoms with van der Waals surface area (Å²) in [6.07, 6.45) is 0.990. The van der Waals surface area contributed by atoms with Gasteiger partial charge in [-0.2, -0.15) is 0 Å². The van der Waals surface area contributed by atoms with E-state index in [0.717, 1.165) is 6.42 Å². The van der Waals surface area contributed by atoms with Gasteiger partial charge in [0.1, 0.15) is 0 Å². The highest BCUT2D eigenvalue weighted by atomic mass is 16.4. The van der Waals surface area contributed by atoms with E-state index >= 15 is 0 Å². The largest absolute Gasteiger partial charge is 0.481 e. The molecule has 1 rings (SSSR count). The van der Waals surface area contributed by atoms with Crippen LogP contribution in [0.1, 0.15) is 33.6 Å². The van der Waals surface area contributed by atoms with Crippen LogP contribution in [0.4, 0.5) is 0 Å². The van der Waals surface area contributed by atoms with E-state index in [4.69, 9.17) is 5.11 Å². The topological polar surface area (TPSA) is 57.6 Å². The molecule has 1 amide bonds. The van der Waals surface area contributed by atoms with Crippen LogP contribution in [-0.2, 0) is 9.59 Å². The fraction of sp³-hybridized carbons (Fsp3) is 0.800. The smallest absolute Gasteiger partial charge is 0.308 e. The first kappa shape index (κ1) is 11.0. The van der Waals surface area contributed by atoms with Crippen molar-refractivity contribution in [3.05, 3.63) is 0 Å². The molecule has 0 aromatic carbocycles. The average Bonchev–Trinajstić information content (AvgIpc) is 2.48. The molecule has 1 heterocycles. The lowest BCUT2D eigenvalue weighted by Gasteiger charge is -2.34. The normalized spacial score (nSPS) is 22.9. The lowest BCUT2D eigenvalue weighted by molar-refractivity contribution is -0.141. The molecule has 1 saturated heterocycles. The number of carboxylic acid groups (broad SMARTS) is 1. The molecule has 0 aromatic rings. The Morgan fingerprint density at radius 1 is 1.64 bits per heavy atom. The molecule has 4 nitrogen and oxygen atoms in total. The zero-order valence-electron chi connectivity index (χ0n) is 8.91. The van der Waals surface area contributed by atoms with E-state index < -0.39 is 11.9 Å². The first-order chi connectivity index (χ1) is 6.38. The molecule has 0 aromatic heterocycles. The standard InChI is InChI=1S/C10H17NO3/c1-4-10(2,3)11-6-7(9(13)14)5-8(11)12/h7H,4-6H2,1-3H3,(H,13,14). The zero-order chi connectivity index (χ0) is 10.9. The van der Waals surface area contributed by atoms with Crippen molar-refractivity contribution < 1.29 is 14.7 Å². The molecule has 1 fully saturated rings. The number of carboxylic acids is 1. The van der Waals surface area contributed by atoms with Crippen LogP contribution in [0.5, 0.6) is 0 Å². The predicted molar refractivity (Wildman–Crippen MR) is 51.8 cm³/mol. The van der Waals surface area contributed by atoms with E-state index in [1.807, 2.05) is 20.8 Å². The molecular weight excluding hydrogens is 182 g/mol. The van der Waals surface area contributed by atoms with Crippen molar-refractivity contribution in [2.45, 2.75) is 39.2 Å². The van der Waals surface area contributed by atoms with Crippen molar-refractivity contribution in [1.29, 1.82) is 0 Å². The summed E-state index contributed by atoms with van der Waals surface area (Å²) in [7, 11) is 0. The minimum Gasteiger partial charge on any atom is -0.481 e. The molecule has 4 heteroatoms. The molecular formula is C10H17NO3. The average molecular weight is 199 g/mol. The minimum absolute atomic E-state index is 0.0377. The third-order valence-electron chi connectivity index (χ3n) is 3.07. The summed E-state index contributed by atoms with van der Waals surface area (Å²) in [4.78, 5) is 24.0. The number of aliphatic carboxylic acids is 1. The molecule has 0 saturated carbocycles. The maximum absolute atomic E-state index is 11.6. The Balaban J connectivity index is 2.75. The number of hydrogen-bond donors (Lipinski definition) is 1. The quantitative estimate of drug-likeness (QED) is 0.740. The number of nitrogens with zero attached hydrogens (tertiary/aromatic N) is 1. The van der Waals surface area contributed by atoms with Crippen molar-refractivity contribution in [3.8, 4) is 0 Å². The van der Waals surface area contributed by atoms with Gasteiger partial charge < -0.3 is 10.0 Å². The predicted octanol–water partition coefficient (Wildman–Crippen LogP) is 1.11. The van der Waals surface area contributed by atoms with E-state index in [1.54, 1.807) is 4.90 Å². The van der Waals surface area contributed by atoms with Crippen molar-refractivity contribution in [3.63, 3.8) is 0 Å². The first-order valence-corrected chi connectivity index (χ1v) is 4.91. The van der Waals surface area contributed by atoms with Crippen LogP contribution < -0.4 is 0 Å². The maximum Gasteiger partial charge on any atom is 0.308 e. The van der Waals surface area contributed by atoms with Gasteiger partial charge in [0, 0.05) is 18.5 Å². The second-order valence-corrected chi connectivity index (χ2v) is 4.41. The summed E-state index contributed by atoms with van der Waals surface area (Å²) in [6.45, 7) is 6.29. The van der Waals surface area contributed by atoms with E-state index in [2.05, 4.69) is 0 Å².